The molecule has 3 nitrogen and oxygen atoms in total. The molecule has 2 N–H and O–H groups in total. The van der Waals surface area contributed by atoms with E-state index in [2.05, 4.69) is 22.8 Å². The van der Waals surface area contributed by atoms with Crippen molar-refractivity contribution in [3.63, 3.8) is 0 Å². The van der Waals surface area contributed by atoms with Gasteiger partial charge in [0.15, 0.2) is 0 Å². The van der Waals surface area contributed by atoms with Crippen LogP contribution >= 0.6 is 0 Å². The summed E-state index contributed by atoms with van der Waals surface area (Å²) in [6.45, 7) is 0.830. The highest BCUT2D eigenvalue weighted by atomic mass is 16.1. The molecule has 1 fully saturated rings. The van der Waals surface area contributed by atoms with Crippen molar-refractivity contribution in [1.82, 2.24) is 10.6 Å². The summed E-state index contributed by atoms with van der Waals surface area (Å²) in [4.78, 5) is 11.4. The number of carbonyl (C=O) groups is 1. The number of rotatable bonds is 5. The highest BCUT2D eigenvalue weighted by molar-refractivity contribution is 5.76. The van der Waals surface area contributed by atoms with Crippen molar-refractivity contribution in [2.45, 2.75) is 44.2 Å². The molecule has 2 aliphatic rings. The molecule has 0 unspecified atom stereocenters. The van der Waals surface area contributed by atoms with Crippen LogP contribution in [0.4, 0.5) is 0 Å². The van der Waals surface area contributed by atoms with E-state index in [4.69, 9.17) is 0 Å². The highest BCUT2D eigenvalue weighted by Crippen LogP contribution is 2.18. The summed E-state index contributed by atoms with van der Waals surface area (Å²) >= 11 is 0. The van der Waals surface area contributed by atoms with Gasteiger partial charge in [-0.2, -0.15) is 0 Å². The minimum atomic E-state index is 0.187. The van der Waals surface area contributed by atoms with E-state index >= 15 is 0 Å². The molecule has 0 spiro atoms. The minimum Gasteiger partial charge on any atom is -0.353 e. The zero-order chi connectivity index (χ0) is 9.80. The van der Waals surface area contributed by atoms with E-state index in [-0.39, 0.29) is 5.91 Å². The van der Waals surface area contributed by atoms with E-state index < -0.39 is 0 Å². The van der Waals surface area contributed by atoms with Crippen LogP contribution in [0.25, 0.3) is 0 Å². The second-order valence-corrected chi connectivity index (χ2v) is 4.19. The van der Waals surface area contributed by atoms with Gasteiger partial charge in [0.25, 0.3) is 0 Å². The predicted octanol–water partition coefficient (Wildman–Crippen LogP) is 0.963. The summed E-state index contributed by atoms with van der Waals surface area (Å²) in [6, 6.07) is 1.07. The fourth-order valence-electron chi connectivity index (χ4n) is 1.71. The number of hydrogen-bond acceptors (Lipinski definition) is 2. The van der Waals surface area contributed by atoms with E-state index in [9.17, 15) is 4.79 Å². The van der Waals surface area contributed by atoms with E-state index in [0.717, 1.165) is 19.4 Å². The van der Waals surface area contributed by atoms with Gasteiger partial charge in [0.2, 0.25) is 5.91 Å². The van der Waals surface area contributed by atoms with Crippen LogP contribution in [-0.4, -0.2) is 24.5 Å². The third kappa shape index (κ3) is 3.14. The molecule has 78 valence electrons. The Labute approximate surface area is 84.9 Å². The molecular weight excluding hydrogens is 176 g/mol. The van der Waals surface area contributed by atoms with Gasteiger partial charge in [-0.1, -0.05) is 12.2 Å². The fraction of sp³-hybridized carbons (Fsp3) is 0.727. The van der Waals surface area contributed by atoms with Gasteiger partial charge in [0.1, 0.15) is 0 Å². The van der Waals surface area contributed by atoms with Crippen LogP contribution in [0.5, 0.6) is 0 Å². The first-order valence-electron chi connectivity index (χ1n) is 5.52. The zero-order valence-corrected chi connectivity index (χ0v) is 8.46. The van der Waals surface area contributed by atoms with Gasteiger partial charge in [0.05, 0.1) is 0 Å². The van der Waals surface area contributed by atoms with Crippen molar-refractivity contribution >= 4 is 5.91 Å². The maximum absolute atomic E-state index is 11.4. The van der Waals surface area contributed by atoms with Gasteiger partial charge >= 0.3 is 0 Å². The van der Waals surface area contributed by atoms with Gasteiger partial charge < -0.3 is 10.6 Å². The molecule has 3 heteroatoms. The fourth-order valence-corrected chi connectivity index (χ4v) is 1.71. The van der Waals surface area contributed by atoms with Gasteiger partial charge in [-0.3, -0.25) is 4.79 Å². The summed E-state index contributed by atoms with van der Waals surface area (Å²) in [5.41, 5.74) is 0. The van der Waals surface area contributed by atoms with E-state index in [1.165, 1.54) is 12.8 Å². The van der Waals surface area contributed by atoms with Crippen LogP contribution in [0.3, 0.4) is 0 Å². The van der Waals surface area contributed by atoms with E-state index in [1.54, 1.807) is 0 Å². The van der Waals surface area contributed by atoms with Crippen molar-refractivity contribution in [1.29, 1.82) is 0 Å². The molecule has 1 saturated carbocycles. The monoisotopic (exact) mass is 194 g/mol. The number of carbonyl (C=O) groups excluding carboxylic acids is 1. The molecule has 0 saturated heterocycles. The molecule has 0 radical (unpaired) electrons. The quantitative estimate of drug-likeness (QED) is 0.640. The first-order chi connectivity index (χ1) is 6.84. The number of nitrogens with one attached hydrogen (secondary N) is 2. The normalized spacial score (nSPS) is 21.4. The lowest BCUT2D eigenvalue weighted by Crippen LogP contribution is -2.35. The Kier molecular flexibility index (Phi) is 3.19. The summed E-state index contributed by atoms with van der Waals surface area (Å²) in [5, 5.41) is 6.37. The number of hydrogen-bond donors (Lipinski definition) is 2. The molecule has 0 heterocycles. The minimum absolute atomic E-state index is 0.187. The molecule has 0 atom stereocenters. The standard InChI is InChI=1S/C11H18N2O/c14-11(7-8-12-9-5-6-9)13-10-3-1-2-4-10/h1-2,9-10,12H,3-8H2,(H,13,14). The molecule has 0 aromatic carbocycles. The van der Waals surface area contributed by atoms with Gasteiger partial charge in [0, 0.05) is 25.0 Å². The Morgan fingerprint density at radius 2 is 1.93 bits per heavy atom. The lowest BCUT2D eigenvalue weighted by molar-refractivity contribution is -0.121. The molecule has 14 heavy (non-hydrogen) atoms. The molecular formula is C11H18N2O. The van der Waals surface area contributed by atoms with Crippen molar-refractivity contribution < 1.29 is 4.79 Å². The molecule has 2 rings (SSSR count). The molecule has 2 aliphatic carbocycles. The summed E-state index contributed by atoms with van der Waals surface area (Å²) in [7, 11) is 0. The zero-order valence-electron chi connectivity index (χ0n) is 8.46. The third-order valence-corrected chi connectivity index (χ3v) is 2.74. The molecule has 1 amide bonds. The first kappa shape index (κ1) is 9.71. The van der Waals surface area contributed by atoms with Crippen LogP contribution in [-0.2, 0) is 4.79 Å². The number of amides is 1. The largest absolute Gasteiger partial charge is 0.353 e. The summed E-state index contributed by atoms with van der Waals surface area (Å²) in [5.74, 6) is 0.187. The third-order valence-electron chi connectivity index (χ3n) is 2.74. The Bertz CT molecular complexity index is 225. The Morgan fingerprint density at radius 1 is 1.21 bits per heavy atom. The summed E-state index contributed by atoms with van der Waals surface area (Å²) < 4.78 is 0. The maximum atomic E-state index is 11.4. The van der Waals surface area contributed by atoms with Crippen LogP contribution in [0, 0.1) is 0 Å². The average Bonchev–Trinajstić information content (AvgIpc) is 2.83. The van der Waals surface area contributed by atoms with Crippen LogP contribution in [0.15, 0.2) is 12.2 Å². The Morgan fingerprint density at radius 3 is 2.57 bits per heavy atom. The highest BCUT2D eigenvalue weighted by Gasteiger charge is 2.20. The van der Waals surface area contributed by atoms with Crippen molar-refractivity contribution in [3.05, 3.63) is 12.2 Å². The predicted molar refractivity (Wildman–Crippen MR) is 55.9 cm³/mol. The second-order valence-electron chi connectivity index (χ2n) is 4.19. The lowest BCUT2D eigenvalue weighted by Gasteiger charge is -2.11. The van der Waals surface area contributed by atoms with Crippen LogP contribution in [0.1, 0.15) is 32.1 Å². The smallest absolute Gasteiger partial charge is 0.221 e. The van der Waals surface area contributed by atoms with Gasteiger partial charge in [-0.05, 0) is 25.7 Å². The molecule has 0 aromatic rings. The molecule has 0 aromatic heterocycles. The van der Waals surface area contributed by atoms with E-state index in [0.29, 0.717) is 18.5 Å². The van der Waals surface area contributed by atoms with Crippen LogP contribution < -0.4 is 10.6 Å². The SMILES string of the molecule is O=C(CCNC1CC1)NC1CC=CC1. The molecule has 0 bridgehead atoms. The Hall–Kier alpha value is -0.830. The molecule has 0 aliphatic heterocycles. The van der Waals surface area contributed by atoms with Gasteiger partial charge in [-0.15, -0.1) is 0 Å². The van der Waals surface area contributed by atoms with E-state index in [1.807, 2.05) is 0 Å². The van der Waals surface area contributed by atoms with Crippen molar-refractivity contribution in [3.8, 4) is 0 Å². The first-order valence-corrected chi connectivity index (χ1v) is 5.52. The Balaban J connectivity index is 1.53. The second kappa shape index (κ2) is 4.60. The van der Waals surface area contributed by atoms with Crippen molar-refractivity contribution in [2.75, 3.05) is 6.54 Å². The maximum Gasteiger partial charge on any atom is 0.221 e. The van der Waals surface area contributed by atoms with Crippen molar-refractivity contribution in [2.24, 2.45) is 0 Å². The van der Waals surface area contributed by atoms with Gasteiger partial charge in [-0.25, -0.2) is 0 Å². The lowest BCUT2D eigenvalue weighted by atomic mass is 10.2. The van der Waals surface area contributed by atoms with Crippen LogP contribution in [0.2, 0.25) is 0 Å². The average molecular weight is 194 g/mol. The summed E-state index contributed by atoms with van der Waals surface area (Å²) in [6.07, 6.45) is 9.46. The topological polar surface area (TPSA) is 41.1 Å².